The van der Waals surface area contributed by atoms with Crippen molar-refractivity contribution in [1.82, 2.24) is 0 Å². The number of rotatable bonds is 4. The number of allylic oxidation sites excluding steroid dienone is 2. The molecule has 25 heavy (non-hydrogen) atoms. The van der Waals surface area contributed by atoms with Gasteiger partial charge in [-0.25, -0.2) is 0 Å². The van der Waals surface area contributed by atoms with Gasteiger partial charge in [0.2, 0.25) is 5.76 Å². The lowest BCUT2D eigenvalue weighted by atomic mass is 10.0. The van der Waals surface area contributed by atoms with Crippen LogP contribution in [0.2, 0.25) is 0 Å². The minimum absolute atomic E-state index is 0.0652. The first-order chi connectivity index (χ1) is 11.7. The van der Waals surface area contributed by atoms with Gasteiger partial charge < -0.3 is 10.4 Å². The number of para-hydroxylation sites is 1. The van der Waals surface area contributed by atoms with Crippen LogP contribution < -0.4 is 5.32 Å². The zero-order chi connectivity index (χ0) is 18.6. The number of halogens is 3. The lowest BCUT2D eigenvalue weighted by molar-refractivity contribution is -0.120. The summed E-state index contributed by atoms with van der Waals surface area (Å²) in [4.78, 5) is 24.0. The van der Waals surface area contributed by atoms with E-state index in [9.17, 15) is 22.8 Å². The van der Waals surface area contributed by atoms with Crippen LogP contribution in [-0.4, -0.2) is 23.0 Å². The van der Waals surface area contributed by atoms with Crippen molar-refractivity contribution in [2.24, 2.45) is 0 Å². The summed E-state index contributed by atoms with van der Waals surface area (Å²) in [6, 6.07) is 12.6. The summed E-state index contributed by atoms with van der Waals surface area (Å²) >= 11 is 0. The highest BCUT2D eigenvalue weighted by Gasteiger charge is 2.34. The lowest BCUT2D eigenvalue weighted by Crippen LogP contribution is -2.15. The number of carbonyl (C=O) groups is 2. The largest absolute Gasteiger partial charge is 0.504 e. The first kappa shape index (κ1) is 18.3. The van der Waals surface area contributed by atoms with Gasteiger partial charge in [0.25, 0.3) is 5.91 Å². The van der Waals surface area contributed by atoms with Crippen molar-refractivity contribution in [3.63, 3.8) is 0 Å². The van der Waals surface area contributed by atoms with Crippen LogP contribution in [0, 0.1) is 6.92 Å². The first-order valence-electron chi connectivity index (χ1n) is 7.17. The number of ketones is 1. The van der Waals surface area contributed by atoms with Crippen LogP contribution >= 0.6 is 0 Å². The summed E-state index contributed by atoms with van der Waals surface area (Å²) in [5.74, 6) is -3.38. The molecule has 0 aromatic heterocycles. The van der Waals surface area contributed by atoms with Crippen molar-refractivity contribution < 1.29 is 27.9 Å². The van der Waals surface area contributed by atoms with E-state index in [1.165, 1.54) is 18.2 Å². The van der Waals surface area contributed by atoms with Gasteiger partial charge in [-0.15, -0.1) is 0 Å². The first-order valence-corrected chi connectivity index (χ1v) is 7.17. The molecule has 0 atom stereocenters. The zero-order valence-electron chi connectivity index (χ0n) is 13.1. The number of aliphatic hydroxyl groups excluding tert-OH is 1. The molecule has 2 N–H and O–H groups in total. The number of alkyl halides is 3. The second-order valence-electron chi connectivity index (χ2n) is 5.24. The topological polar surface area (TPSA) is 66.4 Å². The molecule has 0 unspecified atom stereocenters. The number of aliphatic hydroxyl groups is 1. The van der Waals surface area contributed by atoms with Gasteiger partial charge in [-0.2, -0.15) is 13.2 Å². The number of hydrogen-bond acceptors (Lipinski definition) is 3. The highest BCUT2D eigenvalue weighted by atomic mass is 19.4. The highest BCUT2D eigenvalue weighted by molar-refractivity contribution is 6.08. The van der Waals surface area contributed by atoms with Gasteiger partial charge in [0, 0.05) is 22.9 Å². The SMILES string of the molecule is Cc1cc(C(=O)C=C(O)C(F)(F)F)ccc1C(=O)Nc1ccccc1. The lowest BCUT2D eigenvalue weighted by Gasteiger charge is -2.09. The smallest absolute Gasteiger partial charge is 0.448 e. The molecular formula is C18H14F3NO3. The van der Waals surface area contributed by atoms with Gasteiger partial charge in [0.1, 0.15) is 0 Å². The molecule has 2 aromatic rings. The Morgan fingerprint density at radius 2 is 1.72 bits per heavy atom. The molecule has 0 saturated heterocycles. The Balaban J connectivity index is 2.20. The van der Waals surface area contributed by atoms with E-state index >= 15 is 0 Å². The third-order valence-electron chi connectivity index (χ3n) is 3.35. The predicted molar refractivity (Wildman–Crippen MR) is 86.7 cm³/mol. The number of aryl methyl sites for hydroxylation is 1. The fraction of sp³-hybridized carbons (Fsp3) is 0.111. The number of amides is 1. The maximum absolute atomic E-state index is 12.3. The van der Waals surface area contributed by atoms with Gasteiger partial charge in [0.05, 0.1) is 0 Å². The predicted octanol–water partition coefficient (Wildman–Crippen LogP) is 4.43. The summed E-state index contributed by atoms with van der Waals surface area (Å²) in [6.07, 6.45) is -4.88. The van der Waals surface area contributed by atoms with E-state index in [1.54, 1.807) is 37.3 Å². The molecule has 0 fully saturated rings. The van der Waals surface area contributed by atoms with Gasteiger partial charge >= 0.3 is 6.18 Å². The molecule has 0 spiro atoms. The second kappa shape index (κ2) is 7.21. The quantitative estimate of drug-likeness (QED) is 0.487. The molecule has 0 bridgehead atoms. The fourth-order valence-corrected chi connectivity index (χ4v) is 2.08. The van der Waals surface area contributed by atoms with Gasteiger partial charge in [-0.05, 0) is 36.8 Å². The van der Waals surface area contributed by atoms with E-state index in [1.807, 2.05) is 0 Å². The van der Waals surface area contributed by atoms with Gasteiger partial charge in [-0.3, -0.25) is 9.59 Å². The van der Waals surface area contributed by atoms with Crippen LogP contribution in [0.25, 0.3) is 0 Å². The van der Waals surface area contributed by atoms with Crippen molar-refractivity contribution >= 4 is 17.4 Å². The Hall–Kier alpha value is -3.09. The number of nitrogens with one attached hydrogen (secondary N) is 1. The Kier molecular flexibility index (Phi) is 5.26. The summed E-state index contributed by atoms with van der Waals surface area (Å²) in [7, 11) is 0. The standard InChI is InChI=1S/C18H14F3NO3/c1-11-9-12(15(23)10-16(24)18(19,20)21)7-8-14(11)17(25)22-13-5-3-2-4-6-13/h2-10,24H,1H3,(H,22,25). The summed E-state index contributed by atoms with van der Waals surface area (Å²) in [6.45, 7) is 1.56. The minimum atomic E-state index is -4.99. The van der Waals surface area contributed by atoms with E-state index in [0.29, 0.717) is 11.3 Å². The van der Waals surface area contributed by atoms with Crippen LogP contribution in [-0.2, 0) is 0 Å². The molecule has 1 amide bonds. The van der Waals surface area contributed by atoms with Crippen LogP contribution in [0.5, 0.6) is 0 Å². The number of hydrogen-bond donors (Lipinski definition) is 2. The Labute approximate surface area is 141 Å². The molecule has 7 heteroatoms. The van der Waals surface area contributed by atoms with Crippen molar-refractivity contribution in [1.29, 1.82) is 0 Å². The normalized spacial score (nSPS) is 11.9. The van der Waals surface area contributed by atoms with Crippen LogP contribution in [0.3, 0.4) is 0 Å². The maximum atomic E-state index is 12.3. The van der Waals surface area contributed by atoms with E-state index in [0.717, 1.165) is 0 Å². The fourth-order valence-electron chi connectivity index (χ4n) is 2.08. The molecule has 4 nitrogen and oxygen atoms in total. The number of carbonyl (C=O) groups excluding carboxylic acids is 2. The van der Waals surface area contributed by atoms with E-state index in [-0.39, 0.29) is 17.2 Å². The number of benzene rings is 2. The Morgan fingerprint density at radius 3 is 2.28 bits per heavy atom. The molecule has 0 saturated carbocycles. The summed E-state index contributed by atoms with van der Waals surface area (Å²) in [5.41, 5.74) is 1.22. The maximum Gasteiger partial charge on any atom is 0.448 e. The van der Waals surface area contributed by atoms with Gasteiger partial charge in [0.15, 0.2) is 5.78 Å². The monoisotopic (exact) mass is 349 g/mol. The third-order valence-corrected chi connectivity index (χ3v) is 3.35. The molecule has 0 aliphatic heterocycles. The van der Waals surface area contributed by atoms with Crippen molar-refractivity contribution in [2.75, 3.05) is 5.32 Å². The molecule has 130 valence electrons. The summed E-state index contributed by atoms with van der Waals surface area (Å²) < 4.78 is 36.8. The second-order valence-corrected chi connectivity index (χ2v) is 5.24. The van der Waals surface area contributed by atoms with Crippen molar-refractivity contribution in [2.45, 2.75) is 13.1 Å². The third kappa shape index (κ3) is 4.69. The van der Waals surface area contributed by atoms with E-state index in [2.05, 4.69) is 5.32 Å². The highest BCUT2D eigenvalue weighted by Crippen LogP contribution is 2.24. The molecule has 2 aromatic carbocycles. The molecule has 2 rings (SSSR count). The molecule has 0 radical (unpaired) electrons. The van der Waals surface area contributed by atoms with Gasteiger partial charge in [-0.1, -0.05) is 24.3 Å². The minimum Gasteiger partial charge on any atom is -0.504 e. The number of anilines is 1. The van der Waals surface area contributed by atoms with E-state index in [4.69, 9.17) is 5.11 Å². The average Bonchev–Trinajstić information content (AvgIpc) is 2.54. The Bertz CT molecular complexity index is 827. The van der Waals surface area contributed by atoms with Crippen LogP contribution in [0.15, 0.2) is 60.4 Å². The van der Waals surface area contributed by atoms with Crippen LogP contribution in [0.1, 0.15) is 26.3 Å². The molecule has 0 aliphatic rings. The van der Waals surface area contributed by atoms with Crippen molar-refractivity contribution in [3.05, 3.63) is 77.1 Å². The Morgan fingerprint density at radius 1 is 1.08 bits per heavy atom. The van der Waals surface area contributed by atoms with E-state index < -0.39 is 23.6 Å². The zero-order valence-corrected chi connectivity index (χ0v) is 13.1. The molecule has 0 aliphatic carbocycles. The molecular weight excluding hydrogens is 335 g/mol. The molecule has 0 heterocycles. The van der Waals surface area contributed by atoms with Crippen LogP contribution in [0.4, 0.5) is 18.9 Å². The van der Waals surface area contributed by atoms with Crippen molar-refractivity contribution in [3.8, 4) is 0 Å². The summed E-state index contributed by atoms with van der Waals surface area (Å²) in [5, 5.41) is 11.5. The average molecular weight is 349 g/mol.